The molecule has 0 aliphatic carbocycles. The zero-order valence-corrected chi connectivity index (χ0v) is 13.8. The highest BCUT2D eigenvalue weighted by Gasteiger charge is 2.15. The van der Waals surface area contributed by atoms with Crippen LogP contribution in [-0.4, -0.2) is 12.4 Å². The van der Waals surface area contributed by atoms with E-state index in [1.54, 1.807) is 24.3 Å². The SMILES string of the molecule is CCOc1ccc(C(=O)c2ccc(Br)cc2F)cc1Br. The fraction of sp³-hybridized carbons (Fsp3) is 0.133. The summed E-state index contributed by atoms with van der Waals surface area (Å²) < 4.78 is 20.4. The van der Waals surface area contributed by atoms with Crippen LogP contribution in [-0.2, 0) is 0 Å². The van der Waals surface area contributed by atoms with Crippen molar-refractivity contribution in [3.63, 3.8) is 0 Å². The summed E-state index contributed by atoms with van der Waals surface area (Å²) in [5.41, 5.74) is 0.450. The number of halogens is 3. The topological polar surface area (TPSA) is 26.3 Å². The van der Waals surface area contributed by atoms with Gasteiger partial charge in [-0.15, -0.1) is 0 Å². The Morgan fingerprint density at radius 3 is 2.55 bits per heavy atom. The Morgan fingerprint density at radius 2 is 1.95 bits per heavy atom. The second kappa shape index (κ2) is 6.50. The number of rotatable bonds is 4. The van der Waals surface area contributed by atoms with Crippen molar-refractivity contribution in [1.29, 1.82) is 0 Å². The lowest BCUT2D eigenvalue weighted by molar-refractivity contribution is 0.103. The molecule has 0 radical (unpaired) electrons. The molecule has 0 atom stereocenters. The van der Waals surface area contributed by atoms with Crippen molar-refractivity contribution in [1.82, 2.24) is 0 Å². The third-order valence-corrected chi connectivity index (χ3v) is 3.78. The number of benzene rings is 2. The molecule has 2 aromatic carbocycles. The summed E-state index contributed by atoms with van der Waals surface area (Å²) in [4.78, 5) is 12.3. The highest BCUT2D eigenvalue weighted by Crippen LogP contribution is 2.27. The van der Waals surface area contributed by atoms with Crippen molar-refractivity contribution in [2.24, 2.45) is 0 Å². The van der Waals surface area contributed by atoms with Gasteiger partial charge in [-0.2, -0.15) is 0 Å². The highest BCUT2D eigenvalue weighted by atomic mass is 79.9. The van der Waals surface area contributed by atoms with Gasteiger partial charge in [0.05, 0.1) is 16.6 Å². The molecule has 0 fully saturated rings. The van der Waals surface area contributed by atoms with Crippen LogP contribution in [0.5, 0.6) is 5.75 Å². The molecule has 0 bridgehead atoms. The van der Waals surface area contributed by atoms with Crippen LogP contribution in [0, 0.1) is 5.82 Å². The molecule has 0 unspecified atom stereocenters. The van der Waals surface area contributed by atoms with Crippen molar-refractivity contribution < 1.29 is 13.9 Å². The molecule has 0 amide bonds. The van der Waals surface area contributed by atoms with Gasteiger partial charge >= 0.3 is 0 Å². The number of carbonyl (C=O) groups excluding carboxylic acids is 1. The van der Waals surface area contributed by atoms with Crippen LogP contribution < -0.4 is 4.74 Å². The number of hydrogen-bond donors (Lipinski definition) is 0. The molecule has 0 aliphatic heterocycles. The summed E-state index contributed by atoms with van der Waals surface area (Å²) in [5, 5.41) is 0. The van der Waals surface area contributed by atoms with Gasteiger partial charge in [-0.3, -0.25) is 4.79 Å². The Hall–Kier alpha value is -1.20. The lowest BCUT2D eigenvalue weighted by Crippen LogP contribution is -2.04. The molecule has 104 valence electrons. The van der Waals surface area contributed by atoms with E-state index in [2.05, 4.69) is 31.9 Å². The third-order valence-electron chi connectivity index (χ3n) is 2.67. The minimum Gasteiger partial charge on any atom is -0.493 e. The summed E-state index contributed by atoms with van der Waals surface area (Å²) in [5.74, 6) is -0.256. The molecular formula is C15H11Br2FO2. The van der Waals surface area contributed by atoms with Gasteiger partial charge in [0.2, 0.25) is 0 Å². The van der Waals surface area contributed by atoms with Crippen LogP contribution in [0.1, 0.15) is 22.8 Å². The molecule has 20 heavy (non-hydrogen) atoms. The standard InChI is InChI=1S/C15H11Br2FO2/c1-2-20-14-6-3-9(7-12(14)17)15(19)11-5-4-10(16)8-13(11)18/h3-8H,2H2,1H3. The van der Waals surface area contributed by atoms with E-state index in [1.165, 1.54) is 12.1 Å². The van der Waals surface area contributed by atoms with Crippen molar-refractivity contribution in [3.8, 4) is 5.75 Å². The van der Waals surface area contributed by atoms with Crippen LogP contribution in [0.15, 0.2) is 45.3 Å². The zero-order valence-electron chi connectivity index (χ0n) is 10.6. The second-order valence-corrected chi connectivity index (χ2v) is 5.80. The zero-order chi connectivity index (χ0) is 14.7. The Bertz CT molecular complexity index is 656. The van der Waals surface area contributed by atoms with E-state index in [9.17, 15) is 9.18 Å². The lowest BCUT2D eigenvalue weighted by Gasteiger charge is -2.08. The molecule has 2 aromatic rings. The summed E-state index contributed by atoms with van der Waals surface area (Å²) in [6.07, 6.45) is 0. The molecule has 2 nitrogen and oxygen atoms in total. The predicted molar refractivity (Wildman–Crippen MR) is 82.8 cm³/mol. The fourth-order valence-electron chi connectivity index (χ4n) is 1.74. The number of carbonyl (C=O) groups is 1. The van der Waals surface area contributed by atoms with E-state index < -0.39 is 5.82 Å². The van der Waals surface area contributed by atoms with Crippen LogP contribution in [0.3, 0.4) is 0 Å². The highest BCUT2D eigenvalue weighted by molar-refractivity contribution is 9.10. The first-order valence-corrected chi connectivity index (χ1v) is 7.53. The molecule has 2 rings (SSSR count). The van der Waals surface area contributed by atoms with Gasteiger partial charge < -0.3 is 4.74 Å². The van der Waals surface area contributed by atoms with Gasteiger partial charge in [0.25, 0.3) is 0 Å². The van der Waals surface area contributed by atoms with Crippen LogP contribution in [0.25, 0.3) is 0 Å². The van der Waals surface area contributed by atoms with E-state index >= 15 is 0 Å². The van der Waals surface area contributed by atoms with Gasteiger partial charge in [0.15, 0.2) is 5.78 Å². The molecule has 0 saturated carbocycles. The van der Waals surface area contributed by atoms with Crippen molar-refractivity contribution in [2.75, 3.05) is 6.61 Å². The van der Waals surface area contributed by atoms with Gasteiger partial charge in [-0.25, -0.2) is 4.39 Å². The van der Waals surface area contributed by atoms with E-state index in [-0.39, 0.29) is 11.3 Å². The van der Waals surface area contributed by atoms with E-state index in [0.717, 1.165) is 0 Å². The average Bonchev–Trinajstić information content (AvgIpc) is 2.40. The largest absolute Gasteiger partial charge is 0.493 e. The first-order valence-electron chi connectivity index (χ1n) is 5.95. The monoisotopic (exact) mass is 400 g/mol. The second-order valence-electron chi connectivity index (χ2n) is 4.03. The molecule has 0 heterocycles. The fourth-order valence-corrected chi connectivity index (χ4v) is 2.57. The minimum atomic E-state index is -0.547. The maximum absolute atomic E-state index is 13.8. The molecule has 5 heteroatoms. The summed E-state index contributed by atoms with van der Waals surface area (Å²) in [7, 11) is 0. The van der Waals surface area contributed by atoms with Crippen molar-refractivity contribution in [2.45, 2.75) is 6.92 Å². The minimum absolute atomic E-state index is 0.0456. The number of ketones is 1. The van der Waals surface area contributed by atoms with Crippen molar-refractivity contribution >= 4 is 37.6 Å². The summed E-state index contributed by atoms with van der Waals surface area (Å²) in [6, 6.07) is 9.33. The lowest BCUT2D eigenvalue weighted by atomic mass is 10.0. The Kier molecular flexibility index (Phi) is 4.94. The molecule has 0 saturated heterocycles. The first kappa shape index (κ1) is 15.2. The van der Waals surface area contributed by atoms with Gasteiger partial charge in [-0.05, 0) is 59.3 Å². The Labute approximate surface area is 133 Å². The van der Waals surface area contributed by atoms with Gasteiger partial charge in [0.1, 0.15) is 11.6 Å². The van der Waals surface area contributed by atoms with Crippen LogP contribution in [0.2, 0.25) is 0 Å². The van der Waals surface area contributed by atoms with E-state index in [4.69, 9.17) is 4.74 Å². The Morgan fingerprint density at radius 1 is 1.20 bits per heavy atom. The summed E-state index contributed by atoms with van der Waals surface area (Å²) in [6.45, 7) is 2.41. The van der Waals surface area contributed by atoms with Crippen LogP contribution >= 0.6 is 31.9 Å². The molecular weight excluding hydrogens is 391 g/mol. The van der Waals surface area contributed by atoms with Crippen molar-refractivity contribution in [3.05, 3.63) is 62.3 Å². The average molecular weight is 402 g/mol. The quantitative estimate of drug-likeness (QED) is 0.675. The number of ether oxygens (including phenoxy) is 1. The molecule has 0 aromatic heterocycles. The third kappa shape index (κ3) is 3.27. The van der Waals surface area contributed by atoms with Gasteiger partial charge in [-0.1, -0.05) is 15.9 Å². The van der Waals surface area contributed by atoms with E-state index in [0.29, 0.717) is 26.9 Å². The van der Waals surface area contributed by atoms with Gasteiger partial charge in [0, 0.05) is 10.0 Å². The summed E-state index contributed by atoms with van der Waals surface area (Å²) >= 11 is 6.51. The molecule has 0 N–H and O–H groups in total. The maximum Gasteiger partial charge on any atom is 0.196 e. The molecule has 0 spiro atoms. The normalized spacial score (nSPS) is 10.4. The molecule has 0 aliphatic rings. The first-order chi connectivity index (χ1) is 9.52. The Balaban J connectivity index is 2.36. The van der Waals surface area contributed by atoms with E-state index in [1.807, 2.05) is 6.92 Å². The predicted octanol–water partition coefficient (Wildman–Crippen LogP) is 4.98. The maximum atomic E-state index is 13.8. The van der Waals surface area contributed by atoms with Crippen LogP contribution in [0.4, 0.5) is 4.39 Å². The smallest absolute Gasteiger partial charge is 0.196 e. The number of hydrogen-bond acceptors (Lipinski definition) is 2.